The smallest absolute Gasteiger partial charge is 0.371 e. The Hall–Kier alpha value is -1.12. The lowest BCUT2D eigenvalue weighted by Crippen LogP contribution is -2.44. The van der Waals surface area contributed by atoms with Gasteiger partial charge in [0.05, 0.1) is 23.5 Å². The van der Waals surface area contributed by atoms with Gasteiger partial charge in [0.25, 0.3) is 0 Å². The summed E-state index contributed by atoms with van der Waals surface area (Å²) in [4.78, 5) is 0. The van der Waals surface area contributed by atoms with Crippen LogP contribution in [-0.2, 0) is 20.9 Å². The van der Waals surface area contributed by atoms with Crippen molar-refractivity contribution in [1.29, 1.82) is 0 Å². The zero-order valence-corrected chi connectivity index (χ0v) is 12.5. The normalized spacial score (nSPS) is 24.4. The molecule has 122 valence electrons. The second-order valence-electron chi connectivity index (χ2n) is 5.55. The third-order valence-corrected chi connectivity index (χ3v) is 6.31. The van der Waals surface area contributed by atoms with Crippen LogP contribution in [0.1, 0.15) is 30.1 Å². The molecule has 1 aliphatic heterocycles. The average molecular weight is 335 g/mol. The van der Waals surface area contributed by atoms with Crippen molar-refractivity contribution in [1.82, 2.24) is 4.31 Å². The summed E-state index contributed by atoms with van der Waals surface area (Å²) < 4.78 is 70.5. The number of alkyl halides is 3. The molecule has 1 atom stereocenters. The van der Waals surface area contributed by atoms with E-state index in [4.69, 9.17) is 4.74 Å². The van der Waals surface area contributed by atoms with Gasteiger partial charge in [0, 0.05) is 13.1 Å². The zero-order valence-electron chi connectivity index (χ0n) is 11.7. The number of benzene rings is 1. The average Bonchev–Trinajstić information content (AvgIpc) is 3.31. The van der Waals surface area contributed by atoms with Crippen molar-refractivity contribution in [3.8, 4) is 0 Å². The molecule has 1 saturated heterocycles. The van der Waals surface area contributed by atoms with E-state index in [1.54, 1.807) is 0 Å². The van der Waals surface area contributed by atoms with Crippen molar-refractivity contribution in [2.24, 2.45) is 0 Å². The highest BCUT2D eigenvalue weighted by atomic mass is 32.2. The molecule has 4 nitrogen and oxygen atoms in total. The lowest BCUT2D eigenvalue weighted by molar-refractivity contribution is -0.140. The van der Waals surface area contributed by atoms with E-state index in [9.17, 15) is 21.6 Å². The van der Waals surface area contributed by atoms with E-state index >= 15 is 0 Å². The predicted octanol–water partition coefficient (Wildman–Crippen LogP) is 2.57. The number of hydrogen-bond acceptors (Lipinski definition) is 3. The first-order chi connectivity index (χ1) is 10.3. The predicted molar refractivity (Wildman–Crippen MR) is 73.7 cm³/mol. The fourth-order valence-electron chi connectivity index (χ4n) is 2.66. The van der Waals surface area contributed by atoms with Gasteiger partial charge < -0.3 is 4.74 Å². The maximum absolute atomic E-state index is 13.1. The molecule has 1 aliphatic carbocycles. The van der Waals surface area contributed by atoms with Gasteiger partial charge in [-0.3, -0.25) is 0 Å². The Bertz CT molecular complexity index is 656. The summed E-state index contributed by atoms with van der Waals surface area (Å²) in [7, 11) is -3.41. The Morgan fingerprint density at radius 2 is 1.86 bits per heavy atom. The fraction of sp³-hybridized carbons (Fsp3) is 0.571. The highest BCUT2D eigenvalue weighted by Crippen LogP contribution is 2.38. The van der Waals surface area contributed by atoms with Gasteiger partial charge >= 0.3 is 6.18 Å². The summed E-state index contributed by atoms with van der Waals surface area (Å²) in [5.74, 6) is 0. The maximum atomic E-state index is 13.1. The van der Waals surface area contributed by atoms with Crippen molar-refractivity contribution in [3.63, 3.8) is 0 Å². The molecule has 0 unspecified atom stereocenters. The van der Waals surface area contributed by atoms with Gasteiger partial charge in [-0.1, -0.05) is 18.2 Å². The van der Waals surface area contributed by atoms with Crippen molar-refractivity contribution in [3.05, 3.63) is 35.4 Å². The first-order valence-corrected chi connectivity index (χ1v) is 8.57. The van der Waals surface area contributed by atoms with Gasteiger partial charge in [0.15, 0.2) is 0 Å². The molecule has 0 bridgehead atoms. The van der Waals surface area contributed by atoms with E-state index in [1.807, 2.05) is 0 Å². The number of sulfonamides is 1. The number of nitrogens with zero attached hydrogens (tertiary/aromatic N) is 1. The molecule has 1 saturated carbocycles. The van der Waals surface area contributed by atoms with E-state index in [1.165, 1.54) is 22.5 Å². The molecule has 2 aliphatic rings. The van der Waals surface area contributed by atoms with Crippen LogP contribution < -0.4 is 0 Å². The van der Waals surface area contributed by atoms with E-state index in [0.717, 1.165) is 6.07 Å². The molecule has 22 heavy (non-hydrogen) atoms. The Balaban J connectivity index is 1.87. The maximum Gasteiger partial charge on any atom is 0.416 e. The van der Waals surface area contributed by atoms with E-state index < -0.39 is 27.9 Å². The number of hydrogen-bond donors (Lipinski definition) is 0. The molecule has 0 aromatic heterocycles. The van der Waals surface area contributed by atoms with Crippen molar-refractivity contribution >= 4 is 10.0 Å². The molecule has 0 radical (unpaired) electrons. The van der Waals surface area contributed by atoms with E-state index in [2.05, 4.69) is 0 Å². The standard InChI is InChI=1S/C14H16F3NO3S/c15-14(16,17)12-4-2-1-3-11(12)13-9-18(7-8-21-13)22(19,20)10-5-6-10/h1-4,10,13H,5-9H2/t13-/m1/s1. The first kappa shape index (κ1) is 15.8. The van der Waals surface area contributed by atoms with Crippen LogP contribution in [0.4, 0.5) is 13.2 Å². The van der Waals surface area contributed by atoms with Crippen LogP contribution >= 0.6 is 0 Å². The van der Waals surface area contributed by atoms with Gasteiger partial charge in [-0.2, -0.15) is 17.5 Å². The first-order valence-electron chi connectivity index (χ1n) is 7.07. The number of halogens is 3. The molecule has 1 heterocycles. The van der Waals surface area contributed by atoms with E-state index in [0.29, 0.717) is 12.8 Å². The Morgan fingerprint density at radius 3 is 2.50 bits per heavy atom. The zero-order chi connectivity index (χ0) is 16.0. The molecule has 8 heteroatoms. The van der Waals surface area contributed by atoms with Crippen LogP contribution in [-0.4, -0.2) is 37.7 Å². The summed E-state index contributed by atoms with van der Waals surface area (Å²) in [5.41, 5.74) is -0.781. The molecule has 0 spiro atoms. The second-order valence-corrected chi connectivity index (χ2v) is 7.76. The van der Waals surface area contributed by atoms with Gasteiger partial charge in [0.1, 0.15) is 0 Å². The van der Waals surface area contributed by atoms with Crippen LogP contribution in [0.25, 0.3) is 0 Å². The molecular formula is C14H16F3NO3S. The SMILES string of the molecule is O=S(=O)(C1CC1)N1CCO[C@@H](c2ccccc2C(F)(F)F)C1. The third kappa shape index (κ3) is 3.00. The Morgan fingerprint density at radius 1 is 1.18 bits per heavy atom. The lowest BCUT2D eigenvalue weighted by Gasteiger charge is -2.33. The minimum atomic E-state index is -4.49. The third-order valence-electron chi connectivity index (χ3n) is 3.95. The molecule has 2 fully saturated rings. The van der Waals surface area contributed by atoms with Crippen molar-refractivity contribution in [2.45, 2.75) is 30.4 Å². The quantitative estimate of drug-likeness (QED) is 0.853. The topological polar surface area (TPSA) is 46.6 Å². The van der Waals surface area contributed by atoms with Gasteiger partial charge in [-0.15, -0.1) is 0 Å². The monoisotopic (exact) mass is 335 g/mol. The molecule has 0 N–H and O–H groups in total. The number of ether oxygens (including phenoxy) is 1. The minimum absolute atomic E-state index is 0.00861. The largest absolute Gasteiger partial charge is 0.416 e. The van der Waals surface area contributed by atoms with Crippen LogP contribution in [0.2, 0.25) is 0 Å². The fourth-order valence-corrected chi connectivity index (χ4v) is 4.48. The molecule has 1 aromatic carbocycles. The molecule has 1 aromatic rings. The summed E-state index contributed by atoms with van der Waals surface area (Å²) in [6.07, 6.45) is -4.12. The van der Waals surface area contributed by atoms with Crippen LogP contribution in [0, 0.1) is 0 Å². The Kier molecular flexibility index (Phi) is 3.94. The van der Waals surface area contributed by atoms with Crippen LogP contribution in [0.15, 0.2) is 24.3 Å². The van der Waals surface area contributed by atoms with E-state index in [-0.39, 0.29) is 30.5 Å². The van der Waals surface area contributed by atoms with Crippen LogP contribution in [0.5, 0.6) is 0 Å². The molecule has 3 rings (SSSR count). The summed E-state index contributed by atoms with van der Waals surface area (Å²) >= 11 is 0. The number of morpholine rings is 1. The summed E-state index contributed by atoms with van der Waals surface area (Å²) in [6.45, 7) is 0.234. The number of rotatable bonds is 3. The van der Waals surface area contributed by atoms with Gasteiger partial charge in [-0.25, -0.2) is 8.42 Å². The van der Waals surface area contributed by atoms with Crippen molar-refractivity contribution in [2.75, 3.05) is 19.7 Å². The van der Waals surface area contributed by atoms with Crippen molar-refractivity contribution < 1.29 is 26.3 Å². The van der Waals surface area contributed by atoms with Gasteiger partial charge in [-0.05, 0) is 24.5 Å². The highest BCUT2D eigenvalue weighted by Gasteiger charge is 2.43. The Labute approximate surface area is 126 Å². The molecular weight excluding hydrogens is 319 g/mol. The van der Waals surface area contributed by atoms with Gasteiger partial charge in [0.2, 0.25) is 10.0 Å². The summed E-state index contributed by atoms with van der Waals surface area (Å²) in [6, 6.07) is 5.16. The van der Waals surface area contributed by atoms with Crippen LogP contribution in [0.3, 0.4) is 0 Å². The highest BCUT2D eigenvalue weighted by molar-refractivity contribution is 7.90. The second kappa shape index (κ2) is 5.50. The minimum Gasteiger partial charge on any atom is -0.371 e. The lowest BCUT2D eigenvalue weighted by atomic mass is 10.0. The summed E-state index contributed by atoms with van der Waals surface area (Å²) in [5, 5.41) is -0.371. The molecule has 0 amide bonds.